The number of rotatable bonds is 5. The molecule has 1 atom stereocenters. The Morgan fingerprint density at radius 1 is 1.17 bits per heavy atom. The molecule has 2 rings (SSSR count). The zero-order valence-electron chi connectivity index (χ0n) is 13.4. The van der Waals surface area contributed by atoms with Crippen LogP contribution in [0.5, 0.6) is 0 Å². The largest absolute Gasteiger partial charge is 0.467 e. The molecule has 0 unspecified atom stereocenters. The quantitative estimate of drug-likeness (QED) is 0.850. The van der Waals surface area contributed by atoms with Crippen LogP contribution in [0, 0.1) is 0 Å². The number of aromatic nitrogens is 1. The summed E-state index contributed by atoms with van der Waals surface area (Å²) < 4.78 is 10.9. The van der Waals surface area contributed by atoms with Gasteiger partial charge in [-0.05, 0) is 24.6 Å². The summed E-state index contributed by atoms with van der Waals surface area (Å²) in [7, 11) is 1.24. The Labute approximate surface area is 138 Å². The lowest BCUT2D eigenvalue weighted by Gasteiger charge is -2.14. The van der Waals surface area contributed by atoms with Crippen LogP contribution < -0.4 is 10.9 Å². The van der Waals surface area contributed by atoms with Gasteiger partial charge in [0, 0.05) is 6.20 Å². The van der Waals surface area contributed by atoms with Crippen molar-refractivity contribution >= 4 is 17.7 Å². The van der Waals surface area contributed by atoms with E-state index in [-0.39, 0.29) is 12.3 Å². The van der Waals surface area contributed by atoms with Gasteiger partial charge in [-0.3, -0.25) is 14.7 Å². The lowest BCUT2D eigenvalue weighted by atomic mass is 10.2. The lowest BCUT2D eigenvalue weighted by Crippen LogP contribution is -2.31. The van der Waals surface area contributed by atoms with Crippen LogP contribution in [0.3, 0.4) is 0 Å². The average molecular weight is 330 g/mol. The first kappa shape index (κ1) is 17.3. The molecule has 0 fully saturated rings. The molecule has 1 heterocycles. The first-order chi connectivity index (χ1) is 11.5. The van der Waals surface area contributed by atoms with Crippen molar-refractivity contribution in [3.8, 4) is 0 Å². The van der Waals surface area contributed by atoms with Crippen molar-refractivity contribution in [2.75, 3.05) is 12.4 Å². The van der Waals surface area contributed by atoms with E-state index in [0.29, 0.717) is 0 Å². The standard InChI is InChI=1S/C17H18N2O5/c1-12(16(21)23-2)19-10-6-9-14(15(19)20)18-17(22)24-11-13-7-4-3-5-8-13/h3-10,12H,11H2,1-2H3,(H,18,22)/t12-/m0/s1. The monoisotopic (exact) mass is 330 g/mol. The second-order valence-electron chi connectivity index (χ2n) is 5.02. The van der Waals surface area contributed by atoms with Crippen molar-refractivity contribution in [2.45, 2.75) is 19.6 Å². The molecule has 0 saturated carbocycles. The zero-order valence-corrected chi connectivity index (χ0v) is 13.4. The van der Waals surface area contributed by atoms with Crippen molar-refractivity contribution in [1.82, 2.24) is 4.57 Å². The molecule has 1 aromatic carbocycles. The number of carbonyl (C=O) groups is 2. The molecule has 0 saturated heterocycles. The summed E-state index contributed by atoms with van der Waals surface area (Å²) in [4.78, 5) is 35.7. The van der Waals surface area contributed by atoms with Crippen LogP contribution in [0.1, 0.15) is 18.5 Å². The first-order valence-corrected chi connectivity index (χ1v) is 7.29. The molecule has 0 aliphatic rings. The molecule has 2 aromatic rings. The second kappa shape index (κ2) is 7.96. The minimum atomic E-state index is -0.801. The molecule has 1 amide bonds. The molecule has 24 heavy (non-hydrogen) atoms. The van der Waals surface area contributed by atoms with E-state index < -0.39 is 23.7 Å². The van der Waals surface area contributed by atoms with E-state index in [2.05, 4.69) is 10.1 Å². The number of pyridine rings is 1. The Kier molecular flexibility index (Phi) is 5.73. The average Bonchev–Trinajstić information content (AvgIpc) is 2.61. The lowest BCUT2D eigenvalue weighted by molar-refractivity contribution is -0.144. The fraction of sp³-hybridized carbons (Fsp3) is 0.235. The maximum Gasteiger partial charge on any atom is 0.412 e. The number of nitrogens with zero attached hydrogens (tertiary/aromatic N) is 1. The van der Waals surface area contributed by atoms with E-state index in [0.717, 1.165) is 5.56 Å². The zero-order chi connectivity index (χ0) is 17.5. The van der Waals surface area contributed by atoms with E-state index in [1.54, 1.807) is 6.07 Å². The molecule has 7 heteroatoms. The van der Waals surface area contributed by atoms with Crippen LogP contribution in [0.4, 0.5) is 10.5 Å². The fourth-order valence-electron chi connectivity index (χ4n) is 2.06. The number of methoxy groups -OCH3 is 1. The Balaban J connectivity index is 2.06. The van der Waals surface area contributed by atoms with Gasteiger partial charge in [-0.25, -0.2) is 9.59 Å². The van der Waals surface area contributed by atoms with Gasteiger partial charge in [0.05, 0.1) is 7.11 Å². The Hall–Kier alpha value is -3.09. The maximum absolute atomic E-state index is 12.3. The Bertz CT molecular complexity index is 770. The van der Waals surface area contributed by atoms with Crippen LogP contribution >= 0.6 is 0 Å². The number of benzene rings is 1. The van der Waals surface area contributed by atoms with Gasteiger partial charge in [-0.15, -0.1) is 0 Å². The summed E-state index contributed by atoms with van der Waals surface area (Å²) in [6, 6.07) is 11.4. The molecule has 0 spiro atoms. The Morgan fingerprint density at radius 2 is 1.88 bits per heavy atom. The van der Waals surface area contributed by atoms with Gasteiger partial charge in [0.25, 0.3) is 5.56 Å². The number of anilines is 1. The van der Waals surface area contributed by atoms with Crippen molar-refractivity contribution in [1.29, 1.82) is 0 Å². The number of amides is 1. The highest BCUT2D eigenvalue weighted by Crippen LogP contribution is 2.08. The third kappa shape index (κ3) is 4.22. The summed E-state index contributed by atoms with van der Waals surface area (Å²) >= 11 is 0. The maximum atomic E-state index is 12.3. The van der Waals surface area contributed by atoms with E-state index in [1.165, 1.54) is 30.9 Å². The summed E-state index contributed by atoms with van der Waals surface area (Å²) in [6.07, 6.45) is 0.698. The molecule has 1 N–H and O–H groups in total. The van der Waals surface area contributed by atoms with Gasteiger partial charge in [0.15, 0.2) is 0 Å². The molecule has 1 aromatic heterocycles. The highest BCUT2D eigenvalue weighted by molar-refractivity contribution is 5.84. The summed E-state index contributed by atoms with van der Waals surface area (Å²) in [5.41, 5.74) is 0.329. The molecule has 7 nitrogen and oxygen atoms in total. The van der Waals surface area contributed by atoms with Crippen molar-refractivity contribution in [3.05, 3.63) is 64.6 Å². The molecule has 0 aliphatic carbocycles. The predicted octanol–water partition coefficient (Wildman–Crippen LogP) is 2.33. The smallest absolute Gasteiger partial charge is 0.412 e. The van der Waals surface area contributed by atoms with Crippen LogP contribution in [-0.2, 0) is 20.9 Å². The third-order valence-corrected chi connectivity index (χ3v) is 3.38. The van der Waals surface area contributed by atoms with Gasteiger partial charge in [-0.2, -0.15) is 0 Å². The topological polar surface area (TPSA) is 86.6 Å². The van der Waals surface area contributed by atoms with E-state index >= 15 is 0 Å². The van der Waals surface area contributed by atoms with Crippen molar-refractivity contribution in [3.63, 3.8) is 0 Å². The number of nitrogens with one attached hydrogen (secondary N) is 1. The van der Waals surface area contributed by atoms with Gasteiger partial charge in [0.1, 0.15) is 18.3 Å². The number of ether oxygens (including phenoxy) is 2. The number of hydrogen-bond acceptors (Lipinski definition) is 5. The van der Waals surface area contributed by atoms with E-state index in [4.69, 9.17) is 4.74 Å². The fourth-order valence-corrected chi connectivity index (χ4v) is 2.06. The summed E-state index contributed by atoms with van der Waals surface area (Å²) in [6.45, 7) is 1.62. The van der Waals surface area contributed by atoms with Crippen LogP contribution in [0.15, 0.2) is 53.5 Å². The van der Waals surface area contributed by atoms with E-state index in [1.807, 2.05) is 30.3 Å². The van der Waals surface area contributed by atoms with Crippen LogP contribution in [-0.4, -0.2) is 23.7 Å². The predicted molar refractivity (Wildman–Crippen MR) is 87.7 cm³/mol. The summed E-state index contributed by atoms with van der Waals surface area (Å²) in [5.74, 6) is -0.555. The van der Waals surface area contributed by atoms with Gasteiger partial charge >= 0.3 is 12.1 Å². The SMILES string of the molecule is COC(=O)[C@H](C)n1cccc(NC(=O)OCc2ccccc2)c1=O. The van der Waals surface area contributed by atoms with Gasteiger partial charge < -0.3 is 9.47 Å². The molecule has 0 aliphatic heterocycles. The number of esters is 1. The van der Waals surface area contributed by atoms with Crippen LogP contribution in [0.2, 0.25) is 0 Å². The minimum absolute atomic E-state index is 0.0197. The molecular formula is C17H18N2O5. The second-order valence-corrected chi connectivity index (χ2v) is 5.02. The highest BCUT2D eigenvalue weighted by Gasteiger charge is 2.18. The van der Waals surface area contributed by atoms with Gasteiger partial charge in [-0.1, -0.05) is 30.3 Å². The Morgan fingerprint density at radius 3 is 2.54 bits per heavy atom. The molecule has 0 bridgehead atoms. The first-order valence-electron chi connectivity index (χ1n) is 7.29. The number of hydrogen-bond donors (Lipinski definition) is 1. The van der Waals surface area contributed by atoms with Crippen LogP contribution in [0.25, 0.3) is 0 Å². The highest BCUT2D eigenvalue weighted by atomic mass is 16.5. The molecular weight excluding hydrogens is 312 g/mol. The van der Waals surface area contributed by atoms with Crippen molar-refractivity contribution in [2.24, 2.45) is 0 Å². The normalized spacial score (nSPS) is 11.4. The van der Waals surface area contributed by atoms with Crippen molar-refractivity contribution < 1.29 is 19.1 Å². The third-order valence-electron chi connectivity index (χ3n) is 3.38. The molecule has 126 valence electrons. The van der Waals surface area contributed by atoms with E-state index in [9.17, 15) is 14.4 Å². The van der Waals surface area contributed by atoms with Gasteiger partial charge in [0.2, 0.25) is 0 Å². The number of carbonyl (C=O) groups excluding carboxylic acids is 2. The summed E-state index contributed by atoms with van der Waals surface area (Å²) in [5, 5.41) is 2.39. The minimum Gasteiger partial charge on any atom is -0.467 e. The molecule has 0 radical (unpaired) electrons.